The Bertz CT molecular complexity index is 2060. The molecule has 0 saturated carbocycles. The van der Waals surface area contributed by atoms with Gasteiger partial charge in [-0.15, -0.1) is 11.3 Å². The fraction of sp³-hybridized carbons (Fsp3) is 0.542. The van der Waals surface area contributed by atoms with Gasteiger partial charge in [-0.3, -0.25) is 21.3 Å². The Morgan fingerprint density at radius 1 is 1.05 bits per heavy atom. The van der Waals surface area contributed by atoms with Crippen molar-refractivity contribution in [3.8, 4) is 22.5 Å². The summed E-state index contributed by atoms with van der Waals surface area (Å²) in [6, 6.07) is 6.59. The zero-order valence-electron chi connectivity index (χ0n) is 40.9. The number of benzene rings is 1. The molecule has 6 N–H and O–H groups in total. The Labute approximate surface area is 394 Å². The first-order chi connectivity index (χ1) is 31.2. The van der Waals surface area contributed by atoms with E-state index in [1.54, 1.807) is 26.5 Å². The molecule has 17 heteroatoms. The number of nitrogens with zero attached hydrogens (tertiary/aromatic N) is 6. The van der Waals surface area contributed by atoms with Crippen molar-refractivity contribution in [3.05, 3.63) is 64.9 Å². The molecule has 4 heterocycles. The number of carbonyl (C=O) groups is 4. The Balaban J connectivity index is 0.00000124. The van der Waals surface area contributed by atoms with Crippen LogP contribution in [0.25, 0.3) is 33.4 Å². The number of hydrazine groups is 1. The molecule has 1 saturated heterocycles. The SMILES string of the molecule is C=CS(=O)N1CCC(C=O)C1.CC.CC.CC(C)C(C(N)=O)=[N+](C)C.CCn1c(-c2cncnc2)c(CC(C)(C)COC=O)c2cc(-c3csc(CCCCCCC=O)n3)ccc21.NN. The lowest BCUT2D eigenvalue weighted by atomic mass is 9.84. The lowest BCUT2D eigenvalue weighted by molar-refractivity contribution is -0.465. The molecule has 0 bridgehead atoms. The van der Waals surface area contributed by atoms with Crippen molar-refractivity contribution >= 4 is 63.9 Å². The number of hydrogen-bond acceptors (Lipinski definition) is 12. The summed E-state index contributed by atoms with van der Waals surface area (Å²) in [7, 11) is 2.55. The molecule has 1 aliphatic rings. The van der Waals surface area contributed by atoms with Crippen LogP contribution in [0.1, 0.15) is 111 Å². The number of amides is 1. The number of fused-ring (bicyclic) bond motifs is 1. The quantitative estimate of drug-likeness (QED) is 0.0194. The number of carbonyl (C=O) groups excluding carboxylic acids is 4. The summed E-state index contributed by atoms with van der Waals surface area (Å²) in [6.07, 6.45) is 14.7. The minimum absolute atomic E-state index is 0.0684. The fourth-order valence-corrected chi connectivity index (χ4v) is 8.89. The fourth-order valence-electron chi connectivity index (χ4n) is 7.20. The molecule has 362 valence electrons. The summed E-state index contributed by atoms with van der Waals surface area (Å²) in [6.45, 7) is 24.7. The van der Waals surface area contributed by atoms with Crippen LogP contribution in [0.3, 0.4) is 0 Å². The van der Waals surface area contributed by atoms with Crippen molar-refractivity contribution in [2.45, 2.75) is 120 Å². The van der Waals surface area contributed by atoms with E-state index in [2.05, 4.69) is 77.1 Å². The maximum atomic E-state index is 11.1. The molecule has 3 aromatic heterocycles. The van der Waals surface area contributed by atoms with E-state index in [0.29, 0.717) is 31.8 Å². The molecule has 2 atom stereocenters. The number of aromatic nitrogens is 4. The average Bonchev–Trinajstić information content (AvgIpc) is 4.07. The molecule has 1 fully saturated rings. The van der Waals surface area contributed by atoms with Crippen molar-refractivity contribution in [1.29, 1.82) is 0 Å². The van der Waals surface area contributed by atoms with Crippen LogP contribution in [0.4, 0.5) is 0 Å². The molecule has 15 nitrogen and oxygen atoms in total. The van der Waals surface area contributed by atoms with Gasteiger partial charge in [0.25, 0.3) is 6.47 Å². The first kappa shape index (κ1) is 60.2. The maximum Gasteiger partial charge on any atom is 0.308 e. The molecule has 0 spiro atoms. The Kier molecular flexibility index (Phi) is 31.1. The molecular formula is C48H78N9O6S2+. The molecule has 1 aromatic carbocycles. The highest BCUT2D eigenvalue weighted by molar-refractivity contribution is 7.85. The van der Waals surface area contributed by atoms with Crippen LogP contribution in [0.15, 0.2) is 54.3 Å². The van der Waals surface area contributed by atoms with Gasteiger partial charge >= 0.3 is 5.91 Å². The topological polar surface area (TPSA) is 222 Å². The van der Waals surface area contributed by atoms with Crippen molar-refractivity contribution < 1.29 is 32.7 Å². The minimum atomic E-state index is -1.09. The van der Waals surface area contributed by atoms with Crippen LogP contribution < -0.4 is 17.4 Å². The molecule has 5 rings (SSSR count). The van der Waals surface area contributed by atoms with Gasteiger partial charge in [-0.2, -0.15) is 0 Å². The summed E-state index contributed by atoms with van der Waals surface area (Å²) in [4.78, 5) is 56.0. The summed E-state index contributed by atoms with van der Waals surface area (Å²) >= 11 is 1.71. The molecule has 1 amide bonds. The molecule has 2 unspecified atom stereocenters. The third-order valence-electron chi connectivity index (χ3n) is 9.88. The zero-order chi connectivity index (χ0) is 49.5. The largest absolute Gasteiger partial charge is 0.467 e. The van der Waals surface area contributed by atoms with E-state index >= 15 is 0 Å². The van der Waals surface area contributed by atoms with Gasteiger partial charge in [0.2, 0.25) is 5.71 Å². The smallest absolute Gasteiger partial charge is 0.308 e. The molecule has 65 heavy (non-hydrogen) atoms. The predicted octanol–water partition coefficient (Wildman–Crippen LogP) is 7.70. The highest BCUT2D eigenvalue weighted by Gasteiger charge is 2.27. The zero-order valence-corrected chi connectivity index (χ0v) is 42.5. The number of rotatable bonds is 20. The Morgan fingerprint density at radius 2 is 1.69 bits per heavy atom. The monoisotopic (exact) mass is 941 g/mol. The molecule has 0 radical (unpaired) electrons. The van der Waals surface area contributed by atoms with E-state index in [4.69, 9.17) is 15.5 Å². The number of primary amides is 1. The molecular weight excluding hydrogens is 863 g/mol. The highest BCUT2D eigenvalue weighted by atomic mass is 32.2. The van der Waals surface area contributed by atoms with Crippen LogP contribution in [-0.4, -0.2) is 97.1 Å². The van der Waals surface area contributed by atoms with Gasteiger partial charge in [-0.05, 0) is 56.7 Å². The number of ether oxygens (including phenoxy) is 1. The van der Waals surface area contributed by atoms with Crippen molar-refractivity contribution in [2.24, 2.45) is 34.7 Å². The van der Waals surface area contributed by atoms with Gasteiger partial charge in [0.05, 0.1) is 23.0 Å². The van der Waals surface area contributed by atoms with E-state index in [1.807, 2.05) is 68.0 Å². The van der Waals surface area contributed by atoms with Gasteiger partial charge in [-0.25, -0.2) is 28.0 Å². The Hall–Kier alpha value is -4.81. The lowest BCUT2D eigenvalue weighted by Gasteiger charge is -2.24. The lowest BCUT2D eigenvalue weighted by Crippen LogP contribution is -2.34. The van der Waals surface area contributed by atoms with Crippen LogP contribution in [0.5, 0.6) is 0 Å². The number of thiazole rings is 1. The van der Waals surface area contributed by atoms with E-state index in [9.17, 15) is 23.4 Å². The van der Waals surface area contributed by atoms with Crippen LogP contribution >= 0.6 is 11.3 Å². The highest BCUT2D eigenvalue weighted by Crippen LogP contribution is 2.39. The second-order valence-corrected chi connectivity index (χ2v) is 18.1. The Morgan fingerprint density at radius 3 is 2.20 bits per heavy atom. The van der Waals surface area contributed by atoms with Crippen LogP contribution in [-0.2, 0) is 54.3 Å². The van der Waals surface area contributed by atoms with E-state index in [1.165, 1.54) is 16.4 Å². The summed E-state index contributed by atoms with van der Waals surface area (Å²) < 4.78 is 22.1. The van der Waals surface area contributed by atoms with Gasteiger partial charge in [0.15, 0.2) is 0 Å². The van der Waals surface area contributed by atoms with Crippen molar-refractivity contribution in [2.75, 3.05) is 33.8 Å². The normalized spacial score (nSPS) is 13.4. The second-order valence-electron chi connectivity index (χ2n) is 15.7. The standard InChI is InChI=1S/C30H36N4O3S.C7H14N2O.C7H11NO2S.2C2H6.H4N2/c1-4-34-27-12-11-22(26-18-38-28(33-26)10-8-6-5-7-9-13-35)14-24(27)25(15-30(2,3)19-37-21-36)29(34)23-16-31-20-32-17-23;1-5(2)6(7(8)10)9(3)4;1-2-11(10)8-4-3-7(5-8)6-9;3*1-2/h11-14,16-18,20-21H,4-10,15,19H2,1-3H3;5H,1-4H3,(H-,8,10);2,6-7H,1,3-5H2;2*1-2H3;1-2H2/p+1. The van der Waals surface area contributed by atoms with E-state index in [-0.39, 0.29) is 23.2 Å². The number of hydrogen-bond donors (Lipinski definition) is 3. The van der Waals surface area contributed by atoms with E-state index in [0.717, 1.165) is 104 Å². The first-order valence-electron chi connectivity index (χ1n) is 22.5. The van der Waals surface area contributed by atoms with Crippen molar-refractivity contribution in [1.82, 2.24) is 23.8 Å². The maximum absolute atomic E-state index is 11.1. The number of aldehydes is 2. The molecule has 4 aromatic rings. The number of nitrogens with two attached hydrogens (primary N) is 3. The third kappa shape index (κ3) is 20.1. The average molecular weight is 941 g/mol. The number of aryl methyl sites for hydroxylation is 2. The van der Waals surface area contributed by atoms with Gasteiger partial charge in [0, 0.05) is 88.5 Å². The van der Waals surface area contributed by atoms with Gasteiger partial charge in [0.1, 0.15) is 44.0 Å². The summed E-state index contributed by atoms with van der Waals surface area (Å²) in [5, 5.41) is 5.86. The van der Waals surface area contributed by atoms with E-state index < -0.39 is 11.0 Å². The predicted molar refractivity (Wildman–Crippen MR) is 268 cm³/mol. The summed E-state index contributed by atoms with van der Waals surface area (Å²) in [5.41, 5.74) is 12.1. The second kappa shape index (κ2) is 33.6. The first-order valence-corrected chi connectivity index (χ1v) is 24.5. The molecule has 1 aliphatic heterocycles. The van der Waals surface area contributed by atoms with Crippen molar-refractivity contribution in [3.63, 3.8) is 0 Å². The summed E-state index contributed by atoms with van der Waals surface area (Å²) in [5.74, 6) is 7.94. The third-order valence-corrected chi connectivity index (χ3v) is 11.9. The minimum Gasteiger partial charge on any atom is -0.467 e. The van der Waals surface area contributed by atoms with Crippen LogP contribution in [0, 0.1) is 17.3 Å². The number of unbranched alkanes of at least 4 members (excludes halogenated alkanes) is 4. The van der Waals surface area contributed by atoms with Crippen LogP contribution in [0.2, 0.25) is 0 Å². The van der Waals surface area contributed by atoms with Gasteiger partial charge < -0.3 is 24.6 Å². The van der Waals surface area contributed by atoms with Gasteiger partial charge in [-0.1, -0.05) is 80.9 Å². The molecule has 0 aliphatic carbocycles.